The minimum absolute atomic E-state index is 0.0178. The van der Waals surface area contributed by atoms with Crippen LogP contribution in [0.4, 0.5) is 5.82 Å². The molecule has 0 fully saturated rings. The predicted molar refractivity (Wildman–Crippen MR) is 120 cm³/mol. The van der Waals surface area contributed by atoms with Crippen molar-refractivity contribution >= 4 is 29.0 Å². The number of thiophene rings is 1. The van der Waals surface area contributed by atoms with Crippen molar-refractivity contribution in [3.8, 4) is 0 Å². The Bertz CT molecular complexity index is 1060. The lowest BCUT2D eigenvalue weighted by Crippen LogP contribution is -2.47. The molecule has 2 amide bonds. The van der Waals surface area contributed by atoms with Crippen molar-refractivity contribution in [1.82, 2.24) is 9.88 Å². The van der Waals surface area contributed by atoms with Crippen molar-refractivity contribution in [1.29, 1.82) is 0 Å². The molecule has 30 heavy (non-hydrogen) atoms. The van der Waals surface area contributed by atoms with Crippen LogP contribution in [0.3, 0.4) is 0 Å². The molecular weight excluding hydrogens is 394 g/mol. The summed E-state index contributed by atoms with van der Waals surface area (Å²) < 4.78 is 0. The smallest absolute Gasteiger partial charge is 0.254 e. The van der Waals surface area contributed by atoms with Crippen molar-refractivity contribution in [3.05, 3.63) is 81.7 Å². The van der Waals surface area contributed by atoms with E-state index in [4.69, 9.17) is 0 Å². The molecule has 0 spiro atoms. The summed E-state index contributed by atoms with van der Waals surface area (Å²) in [4.78, 5) is 34.3. The van der Waals surface area contributed by atoms with E-state index in [2.05, 4.69) is 24.1 Å². The molecule has 0 aliphatic carbocycles. The molecule has 6 heteroatoms. The van der Waals surface area contributed by atoms with Gasteiger partial charge in [0, 0.05) is 23.2 Å². The maximum absolute atomic E-state index is 13.6. The van der Waals surface area contributed by atoms with E-state index in [-0.39, 0.29) is 23.8 Å². The number of rotatable bonds is 5. The molecule has 0 unspecified atom stereocenters. The molecule has 1 N–H and O–H groups in total. The molecule has 5 nitrogen and oxygen atoms in total. The molecule has 0 bridgehead atoms. The van der Waals surface area contributed by atoms with Crippen molar-refractivity contribution in [2.24, 2.45) is 5.92 Å². The van der Waals surface area contributed by atoms with Gasteiger partial charge in [-0.15, -0.1) is 11.3 Å². The molecule has 0 radical (unpaired) electrons. The lowest BCUT2D eigenvalue weighted by molar-refractivity contribution is -0.119. The van der Waals surface area contributed by atoms with E-state index in [1.165, 1.54) is 0 Å². The second-order valence-electron chi connectivity index (χ2n) is 8.03. The van der Waals surface area contributed by atoms with Gasteiger partial charge < -0.3 is 10.2 Å². The van der Waals surface area contributed by atoms with E-state index in [1.54, 1.807) is 17.5 Å². The number of amides is 2. The predicted octanol–water partition coefficient (Wildman–Crippen LogP) is 5.03. The molecule has 3 aromatic rings. The van der Waals surface area contributed by atoms with Gasteiger partial charge in [0.2, 0.25) is 5.91 Å². The first kappa shape index (κ1) is 20.3. The Morgan fingerprint density at radius 3 is 2.67 bits per heavy atom. The molecule has 0 saturated carbocycles. The minimum atomic E-state index is -0.516. The fraction of sp³-hybridized carbons (Fsp3) is 0.292. The Morgan fingerprint density at radius 1 is 1.17 bits per heavy atom. The summed E-state index contributed by atoms with van der Waals surface area (Å²) in [6.07, 6.45) is 1.67. The van der Waals surface area contributed by atoms with E-state index in [1.807, 2.05) is 65.7 Å². The van der Waals surface area contributed by atoms with Crippen molar-refractivity contribution in [3.63, 3.8) is 0 Å². The van der Waals surface area contributed by atoms with Gasteiger partial charge in [0.25, 0.3) is 5.91 Å². The average molecular weight is 420 g/mol. The zero-order valence-electron chi connectivity index (χ0n) is 17.3. The van der Waals surface area contributed by atoms with Crippen molar-refractivity contribution in [2.45, 2.75) is 32.7 Å². The van der Waals surface area contributed by atoms with Crippen molar-refractivity contribution < 1.29 is 9.59 Å². The highest BCUT2D eigenvalue weighted by Gasteiger charge is 2.44. The molecule has 1 aromatic carbocycles. The maximum Gasteiger partial charge on any atom is 0.254 e. The highest BCUT2D eigenvalue weighted by atomic mass is 32.1. The first-order valence-corrected chi connectivity index (χ1v) is 11.0. The standard InChI is InChI=1S/C24H25N3O2S/c1-15(2)14-27-21(19-11-7-13-30-19)20(17-9-4-5-10-18(17)24(27)29)23(28)26-22-16(3)8-6-12-25-22/h4-13,15,20-21H,14H2,1-3H3,(H,25,26,28)/t20-,21-/m0/s1. The first-order chi connectivity index (χ1) is 14.5. The topological polar surface area (TPSA) is 62.3 Å². The van der Waals surface area contributed by atoms with E-state index in [0.717, 1.165) is 16.0 Å². The van der Waals surface area contributed by atoms with Crippen LogP contribution in [-0.2, 0) is 4.79 Å². The maximum atomic E-state index is 13.6. The summed E-state index contributed by atoms with van der Waals surface area (Å²) in [5.74, 6) is 0.151. The molecule has 1 aliphatic rings. The van der Waals surface area contributed by atoms with Crippen molar-refractivity contribution in [2.75, 3.05) is 11.9 Å². The third-order valence-corrected chi connectivity index (χ3v) is 6.31. The number of carbonyl (C=O) groups is 2. The van der Waals surface area contributed by atoms with E-state index in [9.17, 15) is 9.59 Å². The number of fused-ring (bicyclic) bond motifs is 1. The SMILES string of the molecule is Cc1cccnc1NC(=O)[C@H]1c2ccccc2C(=O)N(CC(C)C)[C@H]1c1cccs1. The lowest BCUT2D eigenvalue weighted by Gasteiger charge is -2.42. The van der Waals surface area contributed by atoms with Crippen LogP contribution in [0.5, 0.6) is 0 Å². The Kier molecular flexibility index (Phi) is 5.68. The van der Waals surface area contributed by atoms with Crippen LogP contribution in [0.25, 0.3) is 0 Å². The fourth-order valence-corrected chi connectivity index (χ4v) is 4.93. The van der Waals surface area contributed by atoms with Gasteiger partial charge in [-0.2, -0.15) is 0 Å². The second-order valence-corrected chi connectivity index (χ2v) is 9.01. The molecule has 4 rings (SSSR count). The van der Waals surface area contributed by atoms with Gasteiger partial charge in [0.15, 0.2) is 0 Å². The molecule has 154 valence electrons. The fourth-order valence-electron chi connectivity index (χ4n) is 4.06. The van der Waals surface area contributed by atoms with Gasteiger partial charge in [-0.1, -0.05) is 44.2 Å². The summed E-state index contributed by atoms with van der Waals surface area (Å²) in [5.41, 5.74) is 2.27. The third kappa shape index (κ3) is 3.75. The largest absolute Gasteiger partial charge is 0.329 e. The number of nitrogens with zero attached hydrogens (tertiary/aromatic N) is 2. The molecule has 2 atom stereocenters. The second kappa shape index (κ2) is 8.40. The van der Waals surface area contributed by atoms with Crippen LogP contribution >= 0.6 is 11.3 Å². The normalized spacial score (nSPS) is 18.4. The zero-order chi connectivity index (χ0) is 21.3. The number of hydrogen-bond acceptors (Lipinski definition) is 4. The lowest BCUT2D eigenvalue weighted by atomic mass is 9.81. The van der Waals surface area contributed by atoms with Crippen LogP contribution in [0.2, 0.25) is 0 Å². The van der Waals surface area contributed by atoms with E-state index >= 15 is 0 Å². The van der Waals surface area contributed by atoms with Crippen LogP contribution in [0, 0.1) is 12.8 Å². The number of benzene rings is 1. The Morgan fingerprint density at radius 2 is 1.97 bits per heavy atom. The minimum Gasteiger partial charge on any atom is -0.329 e. The van der Waals surface area contributed by atoms with E-state index < -0.39 is 5.92 Å². The highest BCUT2D eigenvalue weighted by molar-refractivity contribution is 7.10. The van der Waals surface area contributed by atoms with Gasteiger partial charge in [0.1, 0.15) is 5.82 Å². The number of aromatic nitrogens is 1. The summed E-state index contributed by atoms with van der Waals surface area (Å²) in [5, 5.41) is 5.01. The van der Waals surface area contributed by atoms with Crippen LogP contribution in [0.15, 0.2) is 60.1 Å². The molecule has 1 aliphatic heterocycles. The van der Waals surface area contributed by atoms with Crippen LogP contribution in [0.1, 0.15) is 52.2 Å². The van der Waals surface area contributed by atoms with Crippen LogP contribution < -0.4 is 5.32 Å². The molecular formula is C24H25N3O2S. The third-order valence-electron chi connectivity index (χ3n) is 5.37. The average Bonchev–Trinajstić information content (AvgIpc) is 3.25. The summed E-state index contributed by atoms with van der Waals surface area (Å²) >= 11 is 1.58. The monoisotopic (exact) mass is 419 g/mol. The van der Waals surface area contributed by atoms with Crippen LogP contribution in [-0.4, -0.2) is 28.2 Å². The Balaban J connectivity index is 1.83. The number of carbonyl (C=O) groups excluding carboxylic acids is 2. The van der Waals surface area contributed by atoms with Gasteiger partial charge in [-0.05, 0) is 47.5 Å². The van der Waals surface area contributed by atoms with Gasteiger partial charge in [-0.3, -0.25) is 9.59 Å². The highest BCUT2D eigenvalue weighted by Crippen LogP contribution is 2.44. The Labute approximate surface area is 180 Å². The number of aryl methyl sites for hydroxylation is 1. The van der Waals surface area contributed by atoms with Gasteiger partial charge >= 0.3 is 0 Å². The number of anilines is 1. The Hall–Kier alpha value is -2.99. The molecule has 2 aromatic heterocycles. The number of nitrogens with one attached hydrogen (secondary N) is 1. The summed E-state index contributed by atoms with van der Waals surface area (Å²) in [7, 11) is 0. The molecule has 0 saturated heterocycles. The van der Waals surface area contributed by atoms with Gasteiger partial charge in [-0.25, -0.2) is 4.98 Å². The summed E-state index contributed by atoms with van der Waals surface area (Å²) in [6, 6.07) is 14.9. The first-order valence-electron chi connectivity index (χ1n) is 10.1. The van der Waals surface area contributed by atoms with E-state index in [0.29, 0.717) is 17.9 Å². The molecule has 3 heterocycles. The zero-order valence-corrected chi connectivity index (χ0v) is 18.1. The number of pyridine rings is 1. The number of hydrogen-bond donors (Lipinski definition) is 1. The van der Waals surface area contributed by atoms with Gasteiger partial charge in [0.05, 0.1) is 12.0 Å². The summed E-state index contributed by atoms with van der Waals surface area (Å²) in [6.45, 7) is 6.68. The quantitative estimate of drug-likeness (QED) is 0.631.